The molecule has 4 aliphatic carbocycles. The van der Waals surface area contributed by atoms with Crippen LogP contribution in [0.25, 0.3) is 0 Å². The number of halogens is 5. The Kier molecular flexibility index (Phi) is 8.24. The second-order valence-corrected chi connectivity index (χ2v) is 13.7. The van der Waals surface area contributed by atoms with E-state index in [9.17, 15) is 32.7 Å². The number of aliphatic hydroxyl groups is 1. The molecule has 12 heteroatoms. The number of alkyl halides is 5. The Bertz CT molecular complexity index is 1410. The van der Waals surface area contributed by atoms with Crippen molar-refractivity contribution < 1.29 is 50.4 Å². The maximum absolute atomic E-state index is 17.5. The van der Waals surface area contributed by atoms with Gasteiger partial charge >= 0.3 is 12.1 Å². The van der Waals surface area contributed by atoms with Gasteiger partial charge in [0.25, 0.3) is 5.12 Å². The molecule has 240 valence electrons. The van der Waals surface area contributed by atoms with E-state index in [0.717, 1.165) is 18.2 Å². The topological polar surface area (TPSA) is 89.9 Å². The van der Waals surface area contributed by atoms with Crippen LogP contribution in [-0.4, -0.2) is 45.5 Å². The van der Waals surface area contributed by atoms with E-state index in [1.165, 1.54) is 31.2 Å². The summed E-state index contributed by atoms with van der Waals surface area (Å²) in [6.45, 7) is 6.14. The number of allylic oxidation sites excluding steroid dienone is 4. The van der Waals surface area contributed by atoms with Crippen LogP contribution < -0.4 is 0 Å². The van der Waals surface area contributed by atoms with Crippen LogP contribution in [0.4, 0.5) is 22.0 Å². The molecule has 1 N–H and O–H groups in total. The van der Waals surface area contributed by atoms with E-state index in [0.29, 0.717) is 17.6 Å². The quantitative estimate of drug-likeness (QED) is 0.211. The SMILES string of the molecule is CCC(=O)O[C@]1(C(=O)SOCc2ccc(C(F)(F)F)cc2)[C@H](C)CC2C3C[C@H](F)C4=CC(=O)C=C[C@]4(C)[C@@]3(F)[C@@H](O)C[C@@]21C. The van der Waals surface area contributed by atoms with Gasteiger partial charge in [0, 0.05) is 29.1 Å². The minimum Gasteiger partial charge on any atom is -0.449 e. The first-order valence-electron chi connectivity index (χ1n) is 14.6. The molecule has 1 aromatic carbocycles. The molecule has 0 aromatic heterocycles. The Labute approximate surface area is 256 Å². The van der Waals surface area contributed by atoms with Gasteiger partial charge < -0.3 is 14.0 Å². The number of benzene rings is 1. The summed E-state index contributed by atoms with van der Waals surface area (Å²) in [5, 5.41) is 10.9. The van der Waals surface area contributed by atoms with Crippen molar-refractivity contribution in [1.82, 2.24) is 0 Å². The number of esters is 1. The van der Waals surface area contributed by atoms with Crippen LogP contribution in [0.2, 0.25) is 0 Å². The number of ketones is 1. The minimum atomic E-state index is -4.51. The standard InChI is InChI=1S/C32H35F5O6S/c1-5-26(40)43-31(27(41)44-42-16-18-6-8-19(9-7-18)32(35,36)37)17(2)12-21-22-14-24(33)23-13-20(38)10-11-28(23,3)30(22,34)25(39)15-29(21,31)4/h6-11,13,17,21-22,24-25,39H,5,12,14-16H2,1-4H3/t17-,21?,22?,24+,25+,28+,29+,30+,31+/m1/s1. The highest BCUT2D eigenvalue weighted by atomic mass is 32.2. The zero-order valence-electron chi connectivity index (χ0n) is 24.8. The summed E-state index contributed by atoms with van der Waals surface area (Å²) in [5.41, 5.74) is -7.68. The molecule has 0 saturated heterocycles. The molecule has 4 aliphatic rings. The molecular formula is C32H35F5O6S. The van der Waals surface area contributed by atoms with Gasteiger partial charge in [-0.3, -0.25) is 14.4 Å². The van der Waals surface area contributed by atoms with E-state index in [1.807, 2.05) is 0 Å². The third-order valence-electron chi connectivity index (χ3n) is 10.7. The van der Waals surface area contributed by atoms with Crippen molar-refractivity contribution in [2.45, 2.75) is 89.7 Å². The molecule has 0 radical (unpaired) electrons. The third kappa shape index (κ3) is 4.69. The van der Waals surface area contributed by atoms with Gasteiger partial charge in [-0.1, -0.05) is 39.0 Å². The summed E-state index contributed by atoms with van der Waals surface area (Å²) in [6.07, 6.45) is -4.78. The van der Waals surface area contributed by atoms with Gasteiger partial charge in [0.05, 0.1) is 30.3 Å². The summed E-state index contributed by atoms with van der Waals surface area (Å²) in [4.78, 5) is 39.0. The smallest absolute Gasteiger partial charge is 0.416 e. The molecule has 3 fully saturated rings. The number of fused-ring (bicyclic) bond motifs is 5. The lowest BCUT2D eigenvalue weighted by atomic mass is 9.44. The number of carbonyl (C=O) groups is 3. The second kappa shape index (κ2) is 11.0. The molecule has 6 nitrogen and oxygen atoms in total. The van der Waals surface area contributed by atoms with Crippen molar-refractivity contribution in [3.8, 4) is 0 Å². The fourth-order valence-corrected chi connectivity index (χ4v) is 9.37. The van der Waals surface area contributed by atoms with Gasteiger partial charge in [-0.15, -0.1) is 0 Å². The van der Waals surface area contributed by atoms with E-state index in [2.05, 4.69) is 0 Å². The number of hydrogen-bond donors (Lipinski definition) is 1. The fourth-order valence-electron chi connectivity index (χ4n) is 8.47. The molecule has 9 atom stereocenters. The molecule has 2 unspecified atom stereocenters. The molecular weight excluding hydrogens is 607 g/mol. The van der Waals surface area contributed by atoms with Crippen molar-refractivity contribution in [1.29, 1.82) is 0 Å². The van der Waals surface area contributed by atoms with Crippen LogP contribution in [-0.2, 0) is 36.1 Å². The molecule has 0 spiro atoms. The van der Waals surface area contributed by atoms with Gasteiger partial charge in [-0.05, 0) is 67.5 Å². The first-order chi connectivity index (χ1) is 20.5. The highest BCUT2D eigenvalue weighted by molar-refractivity contribution is 8.09. The molecule has 1 aromatic rings. The maximum atomic E-state index is 17.5. The lowest BCUT2D eigenvalue weighted by Crippen LogP contribution is -2.70. The van der Waals surface area contributed by atoms with Gasteiger partial charge in [-0.25, -0.2) is 8.78 Å². The van der Waals surface area contributed by atoms with Crippen LogP contribution in [0.1, 0.15) is 64.5 Å². The average Bonchev–Trinajstić information content (AvgIpc) is 3.17. The van der Waals surface area contributed by atoms with Gasteiger partial charge in [0.1, 0.15) is 6.17 Å². The van der Waals surface area contributed by atoms with Crippen molar-refractivity contribution in [3.05, 3.63) is 59.2 Å². The van der Waals surface area contributed by atoms with E-state index >= 15 is 8.78 Å². The molecule has 5 rings (SSSR count). The van der Waals surface area contributed by atoms with Crippen LogP contribution >= 0.6 is 12.0 Å². The largest absolute Gasteiger partial charge is 0.449 e. The van der Waals surface area contributed by atoms with Crippen molar-refractivity contribution >= 4 is 28.9 Å². The average molecular weight is 643 g/mol. The molecule has 0 aliphatic heterocycles. The summed E-state index contributed by atoms with van der Waals surface area (Å²) in [7, 11) is 0. The number of hydrogen-bond acceptors (Lipinski definition) is 7. The zero-order chi connectivity index (χ0) is 32.5. The lowest BCUT2D eigenvalue weighted by molar-refractivity contribution is -0.228. The van der Waals surface area contributed by atoms with Crippen LogP contribution in [0.15, 0.2) is 48.1 Å². The molecule has 3 saturated carbocycles. The molecule has 0 heterocycles. The van der Waals surface area contributed by atoms with E-state index < -0.39 is 80.7 Å². The van der Waals surface area contributed by atoms with Crippen LogP contribution in [0.3, 0.4) is 0 Å². The Morgan fingerprint density at radius 2 is 1.77 bits per heavy atom. The second-order valence-electron chi connectivity index (χ2n) is 12.9. The monoisotopic (exact) mass is 642 g/mol. The maximum Gasteiger partial charge on any atom is 0.416 e. The normalized spacial score (nSPS) is 39.6. The van der Waals surface area contributed by atoms with E-state index in [-0.39, 0.29) is 37.9 Å². The summed E-state index contributed by atoms with van der Waals surface area (Å²) >= 11 is 0.390. The van der Waals surface area contributed by atoms with Crippen molar-refractivity contribution in [2.75, 3.05) is 0 Å². The Morgan fingerprint density at radius 3 is 2.39 bits per heavy atom. The number of aliphatic hydroxyl groups excluding tert-OH is 1. The number of rotatable bonds is 6. The van der Waals surface area contributed by atoms with Gasteiger partial charge in [0.15, 0.2) is 17.1 Å². The Balaban J connectivity index is 1.47. The van der Waals surface area contributed by atoms with Crippen LogP contribution in [0.5, 0.6) is 0 Å². The highest BCUT2D eigenvalue weighted by Crippen LogP contribution is 2.72. The number of carbonyl (C=O) groups excluding carboxylic acids is 3. The fraction of sp³-hybridized carbons (Fsp3) is 0.594. The molecule has 44 heavy (non-hydrogen) atoms. The molecule has 0 amide bonds. The Hall–Kier alpha value is -2.57. The zero-order valence-corrected chi connectivity index (χ0v) is 25.6. The van der Waals surface area contributed by atoms with Crippen molar-refractivity contribution in [3.63, 3.8) is 0 Å². The predicted molar refractivity (Wildman–Crippen MR) is 151 cm³/mol. The van der Waals surface area contributed by atoms with Gasteiger partial charge in [-0.2, -0.15) is 13.2 Å². The van der Waals surface area contributed by atoms with E-state index in [4.69, 9.17) is 8.92 Å². The minimum absolute atomic E-state index is 0.0237. The van der Waals surface area contributed by atoms with Crippen LogP contribution in [0, 0.1) is 28.6 Å². The highest BCUT2D eigenvalue weighted by Gasteiger charge is 2.78. The summed E-state index contributed by atoms with van der Waals surface area (Å²) in [6, 6.07) is 4.24. The van der Waals surface area contributed by atoms with E-state index in [1.54, 1.807) is 20.8 Å². The Morgan fingerprint density at radius 1 is 1.11 bits per heavy atom. The first kappa shape index (κ1) is 32.8. The lowest BCUT2D eigenvalue weighted by Gasteiger charge is -2.63. The summed E-state index contributed by atoms with van der Waals surface area (Å²) in [5.74, 6) is -3.61. The first-order valence-corrected chi connectivity index (χ1v) is 15.4. The summed E-state index contributed by atoms with van der Waals surface area (Å²) < 4.78 is 83.6. The van der Waals surface area contributed by atoms with Crippen molar-refractivity contribution in [2.24, 2.45) is 28.6 Å². The van der Waals surface area contributed by atoms with Gasteiger partial charge in [0.2, 0.25) is 0 Å². The number of ether oxygens (including phenoxy) is 1. The predicted octanol–water partition coefficient (Wildman–Crippen LogP) is 6.65. The molecule has 0 bridgehead atoms. The third-order valence-corrected chi connectivity index (χ3v) is 11.4.